The van der Waals surface area contributed by atoms with Crippen LogP contribution in [0, 0.1) is 29.1 Å². The molecule has 5 aliphatic rings. The summed E-state index contributed by atoms with van der Waals surface area (Å²) in [5.41, 5.74) is -3.76. The summed E-state index contributed by atoms with van der Waals surface area (Å²) in [5.74, 6) is -3.17. The van der Waals surface area contributed by atoms with Gasteiger partial charge in [0.2, 0.25) is 0 Å². The molecule has 0 aromatic rings. The van der Waals surface area contributed by atoms with E-state index in [1.807, 2.05) is 53.6 Å². The van der Waals surface area contributed by atoms with Crippen LogP contribution in [0.2, 0.25) is 0 Å². The van der Waals surface area contributed by atoms with Crippen LogP contribution in [-0.4, -0.2) is 109 Å². The second-order valence-electron chi connectivity index (χ2n) is 15.2. The maximum Gasteiger partial charge on any atom is 0.320 e. The molecule has 5 unspecified atom stereocenters. The average molecular weight is 651 g/mol. The van der Waals surface area contributed by atoms with Crippen LogP contribution in [0.25, 0.3) is 0 Å². The third-order valence-corrected chi connectivity index (χ3v) is 11.4. The minimum absolute atomic E-state index is 0.0247. The second kappa shape index (κ2) is 13.9. The van der Waals surface area contributed by atoms with E-state index in [1.54, 1.807) is 19.9 Å². The fourth-order valence-corrected chi connectivity index (χ4v) is 8.52. The fourth-order valence-electron chi connectivity index (χ4n) is 8.52. The Labute approximate surface area is 275 Å². The minimum Gasteiger partial charge on any atom is -0.457 e. The van der Waals surface area contributed by atoms with E-state index in [0.29, 0.717) is 25.8 Å². The maximum absolute atomic E-state index is 14.8. The van der Waals surface area contributed by atoms with Gasteiger partial charge in [0.25, 0.3) is 0 Å². The molecular formula is C35H58N2O9. The molecule has 0 aromatic heterocycles. The Bertz CT molecular complexity index is 1150. The lowest BCUT2D eigenvalue weighted by Crippen LogP contribution is -2.62. The molecule has 262 valence electrons. The Morgan fingerprint density at radius 3 is 2.41 bits per heavy atom. The zero-order valence-electron chi connectivity index (χ0n) is 29.5. The first-order chi connectivity index (χ1) is 21.4. The number of carbonyl (C=O) groups is 3. The molecule has 5 rings (SSSR count). The SMILES string of the molecule is C=CC1CO[C@@]2(C)C[C@@H](C)CN[C@H](C)[C@H]3CC(=O)O[C@]3(C)[C@@H](CC)OC(=O)[C@]1(C)C(=O)[C@H](C)[C@H]2OC1OC(C)CC(N(C)C)C1O. The van der Waals surface area contributed by atoms with Gasteiger partial charge in [-0.15, -0.1) is 6.58 Å². The number of rotatable bonds is 5. The quantitative estimate of drug-likeness (QED) is 0.258. The van der Waals surface area contributed by atoms with E-state index in [2.05, 4.69) is 18.8 Å². The molecule has 11 nitrogen and oxygen atoms in total. The van der Waals surface area contributed by atoms with Crippen molar-refractivity contribution in [2.45, 2.75) is 135 Å². The maximum atomic E-state index is 14.8. The third-order valence-electron chi connectivity index (χ3n) is 11.4. The van der Waals surface area contributed by atoms with Gasteiger partial charge in [-0.1, -0.05) is 26.8 Å². The van der Waals surface area contributed by atoms with E-state index >= 15 is 0 Å². The topological polar surface area (TPSA) is 133 Å². The number of nitrogens with one attached hydrogen (secondary N) is 1. The van der Waals surface area contributed by atoms with Crippen LogP contribution in [0.15, 0.2) is 12.7 Å². The van der Waals surface area contributed by atoms with E-state index in [4.69, 9.17) is 23.7 Å². The zero-order valence-corrected chi connectivity index (χ0v) is 29.5. The summed E-state index contributed by atoms with van der Waals surface area (Å²) in [7, 11) is 3.82. The number of nitrogens with zero attached hydrogens (tertiary/aromatic N) is 1. The van der Waals surface area contributed by atoms with Gasteiger partial charge in [-0.2, -0.15) is 0 Å². The second-order valence-corrected chi connectivity index (χ2v) is 15.2. The van der Waals surface area contributed by atoms with Gasteiger partial charge in [-0.05, 0) is 80.4 Å². The number of fused-ring (bicyclic) bond motifs is 10. The van der Waals surface area contributed by atoms with Crippen LogP contribution in [0.3, 0.4) is 0 Å². The van der Waals surface area contributed by atoms with E-state index in [0.717, 1.165) is 0 Å². The Hall–Kier alpha value is -1.89. The van der Waals surface area contributed by atoms with Crippen LogP contribution >= 0.6 is 0 Å². The molecule has 0 saturated carbocycles. The van der Waals surface area contributed by atoms with Gasteiger partial charge >= 0.3 is 11.9 Å². The van der Waals surface area contributed by atoms with Crippen molar-refractivity contribution in [3.8, 4) is 0 Å². The lowest BCUT2D eigenvalue weighted by Gasteiger charge is -2.50. The molecule has 46 heavy (non-hydrogen) atoms. The van der Waals surface area contributed by atoms with Crippen LogP contribution in [0.1, 0.15) is 81.1 Å². The Morgan fingerprint density at radius 2 is 1.80 bits per heavy atom. The highest BCUT2D eigenvalue weighted by molar-refractivity contribution is 6.05. The summed E-state index contributed by atoms with van der Waals surface area (Å²) < 4.78 is 31.8. The number of aliphatic hydroxyl groups excluding tert-OH is 1. The molecular weight excluding hydrogens is 592 g/mol. The van der Waals surface area contributed by atoms with Crippen LogP contribution in [-0.2, 0) is 38.1 Å². The first-order valence-corrected chi connectivity index (χ1v) is 17.0. The monoisotopic (exact) mass is 650 g/mol. The Morgan fingerprint density at radius 1 is 1.13 bits per heavy atom. The number of ketones is 1. The van der Waals surface area contributed by atoms with Gasteiger partial charge in [0, 0.05) is 29.8 Å². The summed E-state index contributed by atoms with van der Waals surface area (Å²) in [5, 5.41) is 15.0. The molecule has 2 bridgehead atoms. The standard InChI is InChI=1S/C35H58N2O9/c1-12-23-18-42-33(7)16-19(3)17-36-22(6)24-15-27(38)46-35(24,9)26(13-2)44-32(41)34(23,8)29(40)21(5)30(33)45-31-28(39)25(37(10)11)14-20(4)43-31/h12,19-26,28,30-31,36,39H,1,13-18H2,2-11H3/t19-,20?,21+,22-,23?,24-,25?,26-,28?,30-,31?,33+,34+,35+/m1/s1. The van der Waals surface area contributed by atoms with Gasteiger partial charge in [0.05, 0.1) is 30.8 Å². The van der Waals surface area contributed by atoms with Gasteiger partial charge in [0.15, 0.2) is 17.7 Å². The Kier molecular flexibility index (Phi) is 11.2. The summed E-state index contributed by atoms with van der Waals surface area (Å²) >= 11 is 0. The third kappa shape index (κ3) is 6.69. The molecule has 0 aromatic carbocycles. The smallest absolute Gasteiger partial charge is 0.320 e. The lowest BCUT2D eigenvalue weighted by atomic mass is 9.66. The summed E-state index contributed by atoms with van der Waals surface area (Å²) in [6.45, 7) is 19.7. The van der Waals surface area contributed by atoms with E-state index in [-0.39, 0.29) is 54.8 Å². The molecule has 5 aliphatic heterocycles. The first-order valence-electron chi connectivity index (χ1n) is 17.0. The predicted octanol–water partition coefficient (Wildman–Crippen LogP) is 3.26. The van der Waals surface area contributed by atoms with Crippen LogP contribution in [0.4, 0.5) is 0 Å². The van der Waals surface area contributed by atoms with Gasteiger partial charge in [-0.3, -0.25) is 14.4 Å². The number of esters is 2. The van der Waals surface area contributed by atoms with Crippen molar-refractivity contribution >= 4 is 17.7 Å². The minimum atomic E-state index is -1.67. The summed E-state index contributed by atoms with van der Waals surface area (Å²) in [4.78, 5) is 43.9. The first kappa shape index (κ1) is 36.9. The number of ether oxygens (including phenoxy) is 5. The molecule has 11 heteroatoms. The summed E-state index contributed by atoms with van der Waals surface area (Å²) in [6.07, 6.45) is -0.516. The molecule has 5 fully saturated rings. The molecule has 5 heterocycles. The zero-order chi connectivity index (χ0) is 34.4. The summed E-state index contributed by atoms with van der Waals surface area (Å²) in [6, 6.07) is -0.345. The van der Waals surface area contributed by atoms with Gasteiger partial charge in [-0.25, -0.2) is 0 Å². The average Bonchev–Trinajstić information content (AvgIpc) is 3.31. The fraction of sp³-hybridized carbons (Fsp3) is 0.857. The number of hydrogen-bond donors (Lipinski definition) is 2. The highest BCUT2D eigenvalue weighted by Crippen LogP contribution is 2.46. The van der Waals surface area contributed by atoms with Crippen molar-refractivity contribution in [1.29, 1.82) is 0 Å². The van der Waals surface area contributed by atoms with Crippen molar-refractivity contribution in [3.63, 3.8) is 0 Å². The van der Waals surface area contributed by atoms with Crippen LogP contribution < -0.4 is 5.32 Å². The highest BCUT2D eigenvalue weighted by atomic mass is 16.7. The van der Waals surface area contributed by atoms with Crippen molar-refractivity contribution in [3.05, 3.63) is 12.7 Å². The van der Waals surface area contributed by atoms with Gasteiger partial charge in [0.1, 0.15) is 17.6 Å². The Balaban J connectivity index is 1.82. The number of carbonyl (C=O) groups excluding carboxylic acids is 3. The number of aliphatic hydroxyl groups is 1. The molecule has 0 amide bonds. The molecule has 2 N–H and O–H groups in total. The molecule has 5 saturated heterocycles. The molecule has 0 radical (unpaired) electrons. The van der Waals surface area contributed by atoms with E-state index < -0.39 is 59.0 Å². The van der Waals surface area contributed by atoms with Crippen molar-refractivity contribution in [2.24, 2.45) is 29.1 Å². The number of likely N-dealkylation sites (N-methyl/N-ethyl adjacent to an activating group) is 1. The van der Waals surface area contributed by atoms with Gasteiger partial charge < -0.3 is 39.0 Å². The lowest BCUT2D eigenvalue weighted by molar-refractivity contribution is -0.301. The van der Waals surface area contributed by atoms with Crippen molar-refractivity contribution in [2.75, 3.05) is 27.2 Å². The highest BCUT2D eigenvalue weighted by Gasteiger charge is 2.60. The predicted molar refractivity (Wildman–Crippen MR) is 172 cm³/mol. The van der Waals surface area contributed by atoms with Crippen molar-refractivity contribution in [1.82, 2.24) is 10.2 Å². The largest absolute Gasteiger partial charge is 0.457 e. The van der Waals surface area contributed by atoms with E-state index in [1.165, 1.54) is 0 Å². The van der Waals surface area contributed by atoms with E-state index in [9.17, 15) is 19.5 Å². The number of hydrogen-bond acceptors (Lipinski definition) is 11. The molecule has 0 spiro atoms. The molecule has 0 aliphatic carbocycles. The van der Waals surface area contributed by atoms with Crippen molar-refractivity contribution < 1.29 is 43.2 Å². The molecule has 14 atom stereocenters. The van der Waals surface area contributed by atoms with Crippen LogP contribution in [0.5, 0.6) is 0 Å². The normalized spacial score (nSPS) is 47.7. The number of Topliss-reactive ketones (excluding diaryl/α,β-unsaturated/α-hetero) is 1.